The van der Waals surface area contributed by atoms with Gasteiger partial charge in [-0.15, -0.1) is 0 Å². The summed E-state index contributed by atoms with van der Waals surface area (Å²) in [6.07, 6.45) is 4.69. The van der Waals surface area contributed by atoms with E-state index in [2.05, 4.69) is 10.3 Å². The van der Waals surface area contributed by atoms with E-state index >= 15 is 0 Å². The molecule has 1 aliphatic rings. The molecule has 0 bridgehead atoms. The molecule has 0 aliphatic heterocycles. The highest BCUT2D eigenvalue weighted by Crippen LogP contribution is 2.30. The van der Waals surface area contributed by atoms with Gasteiger partial charge in [0.15, 0.2) is 5.78 Å². The third-order valence-corrected chi connectivity index (χ3v) is 4.85. The van der Waals surface area contributed by atoms with Crippen LogP contribution in [0.1, 0.15) is 52.5 Å². The molecule has 1 unspecified atom stereocenters. The molecule has 25 heavy (non-hydrogen) atoms. The Bertz CT molecular complexity index is 731. The Labute approximate surface area is 148 Å². The van der Waals surface area contributed by atoms with Crippen LogP contribution in [-0.2, 0) is 16.1 Å². The fourth-order valence-corrected chi connectivity index (χ4v) is 2.93. The molecule has 5 heteroatoms. The molecule has 1 aliphatic carbocycles. The normalized spacial score (nSPS) is 17.6. The van der Waals surface area contributed by atoms with E-state index in [-0.39, 0.29) is 12.2 Å². The third-order valence-electron chi connectivity index (χ3n) is 4.85. The molecule has 0 saturated heterocycles. The van der Waals surface area contributed by atoms with E-state index in [9.17, 15) is 14.7 Å². The third kappa shape index (κ3) is 4.63. The van der Waals surface area contributed by atoms with E-state index in [0.29, 0.717) is 13.0 Å². The summed E-state index contributed by atoms with van der Waals surface area (Å²) in [5.41, 5.74) is 3.02. The maximum absolute atomic E-state index is 12.4. The van der Waals surface area contributed by atoms with Crippen molar-refractivity contribution in [1.82, 2.24) is 10.3 Å². The lowest BCUT2D eigenvalue weighted by Gasteiger charge is -2.25. The molecule has 134 valence electrons. The van der Waals surface area contributed by atoms with E-state index in [0.717, 1.165) is 34.3 Å². The van der Waals surface area contributed by atoms with Gasteiger partial charge in [-0.1, -0.05) is 11.1 Å². The Kier molecular flexibility index (Phi) is 5.90. The number of aromatic nitrogens is 1. The number of ketones is 1. The van der Waals surface area contributed by atoms with Crippen molar-refractivity contribution in [2.45, 2.75) is 59.1 Å². The van der Waals surface area contributed by atoms with Crippen LogP contribution in [0.4, 0.5) is 0 Å². The summed E-state index contributed by atoms with van der Waals surface area (Å²) in [5.74, 6) is -0.400. The second kappa shape index (κ2) is 7.74. The zero-order chi connectivity index (χ0) is 18.6. The topological polar surface area (TPSA) is 79.3 Å². The van der Waals surface area contributed by atoms with Gasteiger partial charge in [0.25, 0.3) is 5.91 Å². The van der Waals surface area contributed by atoms with Crippen LogP contribution in [0.15, 0.2) is 46.8 Å². The van der Waals surface area contributed by atoms with Crippen LogP contribution in [0, 0.1) is 0 Å². The number of hydrogen-bond donors (Lipinski definition) is 2. The van der Waals surface area contributed by atoms with E-state index in [1.54, 1.807) is 24.5 Å². The van der Waals surface area contributed by atoms with E-state index in [1.165, 1.54) is 6.92 Å². The van der Waals surface area contributed by atoms with Crippen LogP contribution in [0.2, 0.25) is 0 Å². The summed E-state index contributed by atoms with van der Waals surface area (Å²) in [6, 6.07) is 3.61. The molecule has 0 radical (unpaired) electrons. The standard InChI is InChI=1S/C20H26N2O3/c1-13-11-14(2)17(18(23)15(13)3)5-8-20(4,25)19(24)22-12-16-6-9-21-10-7-16/h6-7,9-10,25H,5,8,11-12H2,1-4H3,(H,22,24). The van der Waals surface area contributed by atoms with Gasteiger partial charge in [-0.25, -0.2) is 0 Å². The lowest BCUT2D eigenvalue weighted by Crippen LogP contribution is -2.44. The van der Waals surface area contributed by atoms with Gasteiger partial charge in [-0.05, 0) is 75.8 Å². The molecule has 1 amide bonds. The monoisotopic (exact) mass is 342 g/mol. The average Bonchev–Trinajstić information content (AvgIpc) is 2.58. The van der Waals surface area contributed by atoms with Crippen molar-refractivity contribution in [2.24, 2.45) is 0 Å². The van der Waals surface area contributed by atoms with Crippen LogP contribution in [0.5, 0.6) is 0 Å². The van der Waals surface area contributed by atoms with Crippen molar-refractivity contribution in [3.8, 4) is 0 Å². The Morgan fingerprint density at radius 2 is 1.88 bits per heavy atom. The predicted molar refractivity (Wildman–Crippen MR) is 96.6 cm³/mol. The molecule has 0 fully saturated rings. The first-order chi connectivity index (χ1) is 11.7. The minimum atomic E-state index is -1.52. The van der Waals surface area contributed by atoms with E-state index < -0.39 is 11.5 Å². The lowest BCUT2D eigenvalue weighted by molar-refractivity contribution is -0.139. The first kappa shape index (κ1) is 19.1. The maximum atomic E-state index is 12.4. The van der Waals surface area contributed by atoms with Crippen molar-refractivity contribution < 1.29 is 14.7 Å². The number of nitrogens with one attached hydrogen (secondary N) is 1. The second-order valence-corrected chi connectivity index (χ2v) is 6.98. The van der Waals surface area contributed by atoms with Gasteiger partial charge in [0.05, 0.1) is 0 Å². The SMILES string of the molecule is CC1=C(C)C(=O)C(CCC(C)(O)C(=O)NCc2ccncc2)=C(C)C1. The molecule has 0 spiro atoms. The van der Waals surface area contributed by atoms with Gasteiger partial charge < -0.3 is 10.4 Å². The number of nitrogens with zero attached hydrogens (tertiary/aromatic N) is 1. The van der Waals surface area contributed by atoms with Crippen LogP contribution >= 0.6 is 0 Å². The van der Waals surface area contributed by atoms with Gasteiger partial charge in [0.1, 0.15) is 5.60 Å². The van der Waals surface area contributed by atoms with Crippen molar-refractivity contribution in [3.05, 3.63) is 52.4 Å². The van der Waals surface area contributed by atoms with Crippen molar-refractivity contribution in [3.63, 3.8) is 0 Å². The summed E-state index contributed by atoms with van der Waals surface area (Å²) in [5, 5.41) is 13.2. The summed E-state index contributed by atoms with van der Waals surface area (Å²) in [4.78, 5) is 28.7. The fourth-order valence-electron chi connectivity index (χ4n) is 2.93. The van der Waals surface area contributed by atoms with Crippen LogP contribution < -0.4 is 5.32 Å². The number of allylic oxidation sites excluding steroid dienone is 4. The second-order valence-electron chi connectivity index (χ2n) is 6.98. The molecular formula is C20H26N2O3. The summed E-state index contributed by atoms with van der Waals surface area (Å²) in [6.45, 7) is 7.58. The van der Waals surface area contributed by atoms with Crippen LogP contribution in [-0.4, -0.2) is 27.4 Å². The minimum absolute atomic E-state index is 0.0363. The summed E-state index contributed by atoms with van der Waals surface area (Å²) in [7, 11) is 0. The summed E-state index contributed by atoms with van der Waals surface area (Å²) < 4.78 is 0. The van der Waals surface area contributed by atoms with Gasteiger partial charge >= 0.3 is 0 Å². The zero-order valence-corrected chi connectivity index (χ0v) is 15.3. The van der Waals surface area contributed by atoms with E-state index in [4.69, 9.17) is 0 Å². The smallest absolute Gasteiger partial charge is 0.251 e. The molecule has 5 nitrogen and oxygen atoms in total. The number of pyridine rings is 1. The Morgan fingerprint density at radius 3 is 2.52 bits per heavy atom. The first-order valence-electron chi connectivity index (χ1n) is 8.51. The van der Waals surface area contributed by atoms with Gasteiger partial charge in [0, 0.05) is 18.9 Å². The Morgan fingerprint density at radius 1 is 1.24 bits per heavy atom. The first-order valence-corrected chi connectivity index (χ1v) is 8.51. The zero-order valence-electron chi connectivity index (χ0n) is 15.3. The molecule has 0 saturated carbocycles. The number of aliphatic hydroxyl groups is 1. The average molecular weight is 342 g/mol. The molecule has 1 aromatic rings. The molecule has 1 heterocycles. The molecule has 1 atom stereocenters. The highest BCUT2D eigenvalue weighted by molar-refractivity contribution is 6.09. The van der Waals surface area contributed by atoms with Gasteiger partial charge in [-0.2, -0.15) is 0 Å². The number of amides is 1. The van der Waals surface area contributed by atoms with Crippen LogP contribution in [0.25, 0.3) is 0 Å². The largest absolute Gasteiger partial charge is 0.380 e. The van der Waals surface area contributed by atoms with Crippen molar-refractivity contribution in [1.29, 1.82) is 0 Å². The molecule has 2 rings (SSSR count). The number of Topliss-reactive ketones (excluding diaryl/α,β-unsaturated/α-hetero) is 1. The Balaban J connectivity index is 1.95. The van der Waals surface area contributed by atoms with Crippen molar-refractivity contribution in [2.75, 3.05) is 0 Å². The predicted octanol–water partition coefficient (Wildman–Crippen LogP) is 2.85. The number of carbonyl (C=O) groups is 2. The molecular weight excluding hydrogens is 316 g/mol. The van der Waals surface area contributed by atoms with Crippen LogP contribution in [0.3, 0.4) is 0 Å². The molecule has 1 aromatic heterocycles. The fraction of sp³-hybridized carbons (Fsp3) is 0.450. The lowest BCUT2D eigenvalue weighted by atomic mass is 9.83. The maximum Gasteiger partial charge on any atom is 0.251 e. The highest BCUT2D eigenvalue weighted by atomic mass is 16.3. The molecule has 2 N–H and O–H groups in total. The van der Waals surface area contributed by atoms with Gasteiger partial charge in [-0.3, -0.25) is 14.6 Å². The highest BCUT2D eigenvalue weighted by Gasteiger charge is 2.32. The quantitative estimate of drug-likeness (QED) is 0.833. The van der Waals surface area contributed by atoms with Crippen molar-refractivity contribution >= 4 is 11.7 Å². The Hall–Kier alpha value is -2.27. The minimum Gasteiger partial charge on any atom is -0.380 e. The number of rotatable bonds is 6. The molecule has 0 aromatic carbocycles. The van der Waals surface area contributed by atoms with Gasteiger partial charge in [0.2, 0.25) is 0 Å². The van der Waals surface area contributed by atoms with E-state index in [1.807, 2.05) is 20.8 Å². The number of hydrogen-bond acceptors (Lipinski definition) is 4. The summed E-state index contributed by atoms with van der Waals surface area (Å²) >= 11 is 0. The number of carbonyl (C=O) groups excluding carboxylic acids is 2.